The third kappa shape index (κ3) is 4.37. The van der Waals surface area contributed by atoms with Gasteiger partial charge < -0.3 is 21.1 Å². The molecule has 1 atom stereocenters. The van der Waals surface area contributed by atoms with Gasteiger partial charge in [0.15, 0.2) is 0 Å². The Morgan fingerprint density at radius 2 is 1.83 bits per heavy atom. The number of primary amides is 1. The molecule has 0 spiro atoms. The number of aryl methyl sites for hydroxylation is 2. The monoisotopic (exact) mass is 396 g/mol. The molecule has 3 amide bonds. The predicted molar refractivity (Wildman–Crippen MR) is 107 cm³/mol. The third-order valence-electron chi connectivity index (χ3n) is 5.14. The average Bonchev–Trinajstić information content (AvgIpc) is 2.71. The van der Waals surface area contributed by atoms with Crippen LogP contribution in [0.4, 0.5) is 5.69 Å². The van der Waals surface area contributed by atoms with Crippen molar-refractivity contribution in [2.24, 2.45) is 5.73 Å². The Kier molecular flexibility index (Phi) is 5.81. The summed E-state index contributed by atoms with van der Waals surface area (Å²) in [5.74, 6) is -1.88. The van der Waals surface area contributed by atoms with E-state index in [1.165, 1.54) is 18.5 Å². The second kappa shape index (κ2) is 8.30. The summed E-state index contributed by atoms with van der Waals surface area (Å²) in [7, 11) is 0. The van der Waals surface area contributed by atoms with E-state index in [1.54, 1.807) is 4.90 Å². The predicted octanol–water partition coefficient (Wildman–Crippen LogP) is 2.20. The number of aromatic hydroxyl groups is 1. The van der Waals surface area contributed by atoms with Crippen molar-refractivity contribution < 1.29 is 19.5 Å². The molecule has 0 aliphatic carbocycles. The molecule has 0 unspecified atom stereocenters. The summed E-state index contributed by atoms with van der Waals surface area (Å²) in [6.07, 6.45) is 5.12. The maximum absolute atomic E-state index is 12.9. The molecule has 2 heterocycles. The summed E-state index contributed by atoms with van der Waals surface area (Å²) in [6.45, 7) is 4.09. The minimum atomic E-state index is -0.799. The van der Waals surface area contributed by atoms with Crippen LogP contribution in [0.25, 0.3) is 0 Å². The Hall–Kier alpha value is -3.42. The number of benzene rings is 1. The molecule has 8 heteroatoms. The van der Waals surface area contributed by atoms with Crippen LogP contribution in [0, 0.1) is 13.8 Å². The fraction of sp³-hybridized carbons (Fsp3) is 0.333. The van der Waals surface area contributed by atoms with Gasteiger partial charge in [-0.25, -0.2) is 0 Å². The maximum atomic E-state index is 12.9. The van der Waals surface area contributed by atoms with Gasteiger partial charge in [0.2, 0.25) is 5.91 Å². The van der Waals surface area contributed by atoms with Gasteiger partial charge in [-0.1, -0.05) is 12.1 Å². The van der Waals surface area contributed by atoms with E-state index in [0.717, 1.165) is 36.0 Å². The van der Waals surface area contributed by atoms with E-state index in [2.05, 4.69) is 10.3 Å². The lowest BCUT2D eigenvalue weighted by molar-refractivity contribution is -0.145. The van der Waals surface area contributed by atoms with Crippen LogP contribution in [0.15, 0.2) is 30.6 Å². The zero-order valence-electron chi connectivity index (χ0n) is 16.4. The lowest BCUT2D eigenvalue weighted by atomic mass is 9.92. The number of phenolic OH excluding ortho intramolecular Hbond substituents is 1. The molecule has 1 aliphatic rings. The standard InChI is InChI=1S/C21H24N4O4/c1-12-7-14(8-13(2)18(12)26)17-5-3-4-6-25(17)21(29)20(28)24-16-9-15(19(22)27)10-23-11-16/h7-11,17,26H,3-6H2,1-2H3,(H2,22,27)(H,24,28)/t17-/m0/s1. The van der Waals surface area contributed by atoms with E-state index < -0.39 is 17.7 Å². The minimum Gasteiger partial charge on any atom is -0.507 e. The molecule has 1 aromatic carbocycles. The van der Waals surface area contributed by atoms with Crippen molar-refractivity contribution in [2.75, 3.05) is 11.9 Å². The van der Waals surface area contributed by atoms with Crippen LogP contribution in [0.3, 0.4) is 0 Å². The molecule has 1 fully saturated rings. The Balaban J connectivity index is 1.81. The lowest BCUT2D eigenvalue weighted by Crippen LogP contribution is -2.44. The molecule has 8 nitrogen and oxygen atoms in total. The molecule has 29 heavy (non-hydrogen) atoms. The fourth-order valence-electron chi connectivity index (χ4n) is 3.66. The second-order valence-electron chi connectivity index (χ2n) is 7.29. The topological polar surface area (TPSA) is 126 Å². The van der Waals surface area contributed by atoms with Gasteiger partial charge in [0.05, 0.1) is 23.5 Å². The number of nitrogens with zero attached hydrogens (tertiary/aromatic N) is 2. The van der Waals surface area contributed by atoms with E-state index in [0.29, 0.717) is 6.54 Å². The molecule has 0 saturated carbocycles. The summed E-state index contributed by atoms with van der Waals surface area (Å²) < 4.78 is 0. The van der Waals surface area contributed by atoms with E-state index in [1.807, 2.05) is 26.0 Å². The van der Waals surface area contributed by atoms with Gasteiger partial charge in [-0.2, -0.15) is 0 Å². The van der Waals surface area contributed by atoms with Crippen LogP contribution in [-0.2, 0) is 9.59 Å². The van der Waals surface area contributed by atoms with E-state index in [4.69, 9.17) is 5.73 Å². The van der Waals surface area contributed by atoms with E-state index in [9.17, 15) is 19.5 Å². The highest BCUT2D eigenvalue weighted by Crippen LogP contribution is 2.34. The number of piperidine rings is 1. The number of carbonyl (C=O) groups is 3. The number of likely N-dealkylation sites (tertiary alicyclic amines) is 1. The number of hydrogen-bond donors (Lipinski definition) is 3. The van der Waals surface area contributed by atoms with Crippen molar-refractivity contribution in [3.8, 4) is 5.75 Å². The zero-order chi connectivity index (χ0) is 21.1. The van der Waals surface area contributed by atoms with E-state index >= 15 is 0 Å². The number of anilines is 1. The average molecular weight is 396 g/mol. The van der Waals surface area contributed by atoms with Crippen molar-refractivity contribution in [2.45, 2.75) is 39.2 Å². The molecule has 3 rings (SSSR count). The smallest absolute Gasteiger partial charge is 0.313 e. The Morgan fingerprint density at radius 1 is 1.14 bits per heavy atom. The van der Waals surface area contributed by atoms with E-state index in [-0.39, 0.29) is 23.0 Å². The van der Waals surface area contributed by atoms with Crippen molar-refractivity contribution >= 4 is 23.4 Å². The maximum Gasteiger partial charge on any atom is 0.313 e. The van der Waals surface area contributed by atoms with Gasteiger partial charge in [-0.15, -0.1) is 0 Å². The second-order valence-corrected chi connectivity index (χ2v) is 7.29. The van der Waals surface area contributed by atoms with Crippen molar-refractivity contribution in [1.29, 1.82) is 0 Å². The number of hydrogen-bond acceptors (Lipinski definition) is 5. The van der Waals surface area contributed by atoms with Gasteiger partial charge >= 0.3 is 11.8 Å². The van der Waals surface area contributed by atoms with Crippen molar-refractivity contribution in [1.82, 2.24) is 9.88 Å². The first-order chi connectivity index (χ1) is 13.8. The van der Waals surface area contributed by atoms with Crippen LogP contribution in [0.2, 0.25) is 0 Å². The molecule has 1 saturated heterocycles. The Labute approximate surface area is 168 Å². The molecule has 4 N–H and O–H groups in total. The van der Waals surface area contributed by atoms with Gasteiger partial charge in [-0.3, -0.25) is 19.4 Å². The number of amides is 3. The molecule has 152 valence electrons. The Bertz CT molecular complexity index is 950. The Morgan fingerprint density at radius 3 is 2.48 bits per heavy atom. The molecule has 1 aliphatic heterocycles. The minimum absolute atomic E-state index is 0.140. The molecule has 0 bridgehead atoms. The number of phenols is 1. The van der Waals surface area contributed by atoms with Crippen LogP contribution >= 0.6 is 0 Å². The largest absolute Gasteiger partial charge is 0.507 e. The van der Waals surface area contributed by atoms with Gasteiger partial charge in [0, 0.05) is 12.7 Å². The first-order valence-electron chi connectivity index (χ1n) is 9.45. The number of nitrogens with one attached hydrogen (secondary N) is 1. The number of rotatable bonds is 3. The molecular weight excluding hydrogens is 372 g/mol. The number of pyridine rings is 1. The first kappa shape index (κ1) is 20.3. The molecule has 2 aromatic rings. The highest BCUT2D eigenvalue weighted by molar-refractivity contribution is 6.39. The quantitative estimate of drug-likeness (QED) is 0.686. The number of nitrogens with two attached hydrogens (primary N) is 1. The van der Waals surface area contributed by atoms with Gasteiger partial charge in [0.25, 0.3) is 0 Å². The summed E-state index contributed by atoms with van der Waals surface area (Å²) in [5.41, 5.74) is 7.95. The lowest BCUT2D eigenvalue weighted by Gasteiger charge is -2.36. The van der Waals surface area contributed by atoms with Crippen molar-refractivity contribution in [3.05, 3.63) is 52.8 Å². The molecule has 0 radical (unpaired) electrons. The fourth-order valence-corrected chi connectivity index (χ4v) is 3.66. The highest BCUT2D eigenvalue weighted by Gasteiger charge is 2.32. The normalized spacial score (nSPS) is 16.3. The SMILES string of the molecule is Cc1cc([C@@H]2CCCCN2C(=O)C(=O)Nc2cncc(C(N)=O)c2)cc(C)c1O. The molecular formula is C21H24N4O4. The molecule has 1 aromatic heterocycles. The summed E-state index contributed by atoms with van der Waals surface area (Å²) in [6, 6.07) is 4.85. The number of aromatic nitrogens is 1. The van der Waals surface area contributed by atoms with Gasteiger partial charge in [-0.05, 0) is 55.9 Å². The highest BCUT2D eigenvalue weighted by atomic mass is 16.3. The summed E-state index contributed by atoms with van der Waals surface area (Å²) in [4.78, 5) is 42.2. The van der Waals surface area contributed by atoms with Crippen LogP contribution in [0.5, 0.6) is 5.75 Å². The summed E-state index contributed by atoms with van der Waals surface area (Å²) in [5, 5.41) is 12.5. The summed E-state index contributed by atoms with van der Waals surface area (Å²) >= 11 is 0. The first-order valence-corrected chi connectivity index (χ1v) is 9.45. The van der Waals surface area contributed by atoms with Crippen LogP contribution < -0.4 is 11.1 Å². The third-order valence-corrected chi connectivity index (χ3v) is 5.14. The van der Waals surface area contributed by atoms with Crippen LogP contribution in [-0.4, -0.2) is 39.3 Å². The van der Waals surface area contributed by atoms with Crippen molar-refractivity contribution in [3.63, 3.8) is 0 Å². The number of carbonyl (C=O) groups excluding carboxylic acids is 3. The van der Waals surface area contributed by atoms with Crippen LogP contribution in [0.1, 0.15) is 52.4 Å². The van der Waals surface area contributed by atoms with Gasteiger partial charge in [0.1, 0.15) is 5.75 Å². The zero-order valence-corrected chi connectivity index (χ0v) is 16.4.